The Bertz CT molecular complexity index is 3360. The molecule has 9 aromatic rings. The molecule has 0 bridgehead atoms. The summed E-state index contributed by atoms with van der Waals surface area (Å²) in [6.45, 7) is 0. The zero-order valence-electron chi connectivity index (χ0n) is 38.6. The maximum Gasteiger partial charge on any atom is 0.0629 e. The van der Waals surface area contributed by atoms with E-state index in [0.29, 0.717) is 11.1 Å². The standard InChI is InChI=1S/C49H33N/c1-3-16-33(17-4-1)35-30-31-40-39-23-12-14-29-46(39)50(47(40)32-35)45-28-13-11-22-38(45)36-20-7-8-21-37(36)41-26-15-27-44-48(34-18-5-2-6-19-34)42-24-9-10-25-43(42)49(41)44/h1-32,48H/i2D,5D,6D,9D,10D,15D,18D,19D,24D,25D,26D,27D. The van der Waals surface area contributed by atoms with Crippen LogP contribution in [0.25, 0.3) is 72.0 Å². The Hall–Kier alpha value is -6.44. The van der Waals surface area contributed by atoms with Crippen LogP contribution in [0.5, 0.6) is 0 Å². The topological polar surface area (TPSA) is 4.93 Å². The van der Waals surface area contributed by atoms with Gasteiger partial charge in [-0.25, -0.2) is 0 Å². The molecule has 1 aliphatic carbocycles. The summed E-state index contributed by atoms with van der Waals surface area (Å²) in [5.41, 5.74) is 6.42. The van der Waals surface area contributed by atoms with E-state index in [1.54, 1.807) is 12.1 Å². The fourth-order valence-corrected chi connectivity index (χ4v) is 7.54. The summed E-state index contributed by atoms with van der Waals surface area (Å²) < 4.78 is 110. The molecule has 0 amide bonds. The van der Waals surface area contributed by atoms with Crippen LogP contribution in [0.2, 0.25) is 0 Å². The third-order valence-electron chi connectivity index (χ3n) is 9.67. The molecule has 0 saturated carbocycles. The van der Waals surface area contributed by atoms with Gasteiger partial charge < -0.3 is 4.57 Å². The highest BCUT2D eigenvalue weighted by Crippen LogP contribution is 2.52. The second-order valence-corrected chi connectivity index (χ2v) is 12.3. The lowest BCUT2D eigenvalue weighted by atomic mass is 9.86. The Balaban J connectivity index is 1.30. The van der Waals surface area contributed by atoms with Crippen LogP contribution in [0.1, 0.15) is 39.1 Å². The maximum atomic E-state index is 9.56. The monoisotopic (exact) mass is 647 g/mol. The number of aromatic nitrogens is 1. The first-order valence-corrected chi connectivity index (χ1v) is 16.4. The van der Waals surface area contributed by atoms with Crippen molar-refractivity contribution in [1.82, 2.24) is 4.57 Å². The number of fused-ring (bicyclic) bond motifs is 6. The van der Waals surface area contributed by atoms with E-state index in [-0.39, 0.29) is 39.4 Å². The number of benzene rings is 8. The first-order chi connectivity index (χ1) is 29.8. The Kier molecular flexibility index (Phi) is 4.40. The number of para-hydroxylation sites is 2. The normalized spacial score (nSPS) is 16.8. The first kappa shape index (κ1) is 18.9. The number of hydrogen-bond acceptors (Lipinski definition) is 0. The quantitative estimate of drug-likeness (QED) is 0.175. The molecule has 1 aliphatic rings. The molecule has 0 spiro atoms. The van der Waals surface area contributed by atoms with Crippen molar-refractivity contribution >= 4 is 21.8 Å². The van der Waals surface area contributed by atoms with Gasteiger partial charge in [0.05, 0.1) is 33.2 Å². The lowest BCUT2D eigenvalue weighted by molar-refractivity contribution is 1.02. The van der Waals surface area contributed by atoms with E-state index in [4.69, 9.17) is 9.60 Å². The fourth-order valence-electron chi connectivity index (χ4n) is 7.54. The van der Waals surface area contributed by atoms with Gasteiger partial charge >= 0.3 is 0 Å². The summed E-state index contributed by atoms with van der Waals surface area (Å²) in [4.78, 5) is 0. The average molecular weight is 648 g/mol. The zero-order valence-corrected chi connectivity index (χ0v) is 26.6. The van der Waals surface area contributed by atoms with Gasteiger partial charge in [-0.05, 0) is 73.8 Å². The second kappa shape index (κ2) is 11.6. The maximum absolute atomic E-state index is 9.56. The van der Waals surface area contributed by atoms with Crippen LogP contribution in [0.15, 0.2) is 194 Å². The number of nitrogens with zero attached hydrogens (tertiary/aromatic N) is 1. The zero-order chi connectivity index (χ0) is 43.5. The molecule has 1 nitrogen and oxygen atoms in total. The Labute approximate surface area is 309 Å². The molecule has 0 saturated heterocycles. The molecule has 1 heteroatoms. The predicted molar refractivity (Wildman–Crippen MR) is 210 cm³/mol. The van der Waals surface area contributed by atoms with Crippen molar-refractivity contribution in [2.24, 2.45) is 0 Å². The molecule has 0 fully saturated rings. The molecule has 1 heterocycles. The SMILES string of the molecule is [2H]c1c([2H])c([2H])c(C2c3c([2H])c([2H])c([2H])c([2H])c3-c3c(-c4ccccc4-c4ccccc4-n4c5ccccc5c5ccc(-c6ccccc6)cc54)c([2H])c([2H])c([2H])c32)c([2H])c1[2H]. The summed E-state index contributed by atoms with van der Waals surface area (Å²) in [5, 5.41) is 2.09. The van der Waals surface area contributed by atoms with Gasteiger partial charge in [0.2, 0.25) is 0 Å². The van der Waals surface area contributed by atoms with Gasteiger partial charge in [0.1, 0.15) is 0 Å². The van der Waals surface area contributed by atoms with E-state index in [0.717, 1.165) is 44.2 Å². The van der Waals surface area contributed by atoms with E-state index in [9.17, 15) is 6.85 Å². The Morgan fingerprint density at radius 3 is 1.92 bits per heavy atom. The summed E-state index contributed by atoms with van der Waals surface area (Å²) in [6.07, 6.45) is 0. The van der Waals surface area contributed by atoms with Crippen molar-refractivity contribution in [3.63, 3.8) is 0 Å². The van der Waals surface area contributed by atoms with E-state index in [1.165, 1.54) is 0 Å². The third-order valence-corrected chi connectivity index (χ3v) is 9.67. The van der Waals surface area contributed by atoms with Crippen molar-refractivity contribution in [2.45, 2.75) is 5.92 Å². The minimum atomic E-state index is -1.46. The predicted octanol–water partition coefficient (Wildman–Crippen LogP) is 12.9. The van der Waals surface area contributed by atoms with Crippen molar-refractivity contribution in [1.29, 1.82) is 0 Å². The number of hydrogen-bond donors (Lipinski definition) is 0. The molecule has 0 N–H and O–H groups in total. The molecule has 234 valence electrons. The highest BCUT2D eigenvalue weighted by atomic mass is 15.0. The molecule has 0 radical (unpaired) electrons. The van der Waals surface area contributed by atoms with Crippen molar-refractivity contribution < 1.29 is 16.4 Å². The third kappa shape index (κ3) is 4.41. The molecule has 50 heavy (non-hydrogen) atoms. The van der Waals surface area contributed by atoms with E-state index >= 15 is 0 Å². The second-order valence-electron chi connectivity index (χ2n) is 12.3. The lowest BCUT2D eigenvalue weighted by Gasteiger charge is -2.19. The fraction of sp³-hybridized carbons (Fsp3) is 0.0204. The van der Waals surface area contributed by atoms with Crippen LogP contribution in [0, 0.1) is 0 Å². The molecule has 10 rings (SSSR count). The van der Waals surface area contributed by atoms with Gasteiger partial charge in [-0.3, -0.25) is 0 Å². The Morgan fingerprint density at radius 1 is 0.420 bits per heavy atom. The molecule has 8 aromatic carbocycles. The Morgan fingerprint density at radius 2 is 1.06 bits per heavy atom. The summed E-state index contributed by atoms with van der Waals surface area (Å²) >= 11 is 0. The minimum Gasteiger partial charge on any atom is -0.309 e. The molecule has 0 aliphatic heterocycles. The van der Waals surface area contributed by atoms with E-state index in [1.807, 2.05) is 66.7 Å². The van der Waals surface area contributed by atoms with Crippen LogP contribution in [0.4, 0.5) is 0 Å². The van der Waals surface area contributed by atoms with Gasteiger partial charge in [0, 0.05) is 22.3 Å². The van der Waals surface area contributed by atoms with Crippen LogP contribution in [0.3, 0.4) is 0 Å². The summed E-state index contributed by atoms with van der Waals surface area (Å²) in [5.74, 6) is -1.46. The van der Waals surface area contributed by atoms with Gasteiger partial charge in [0.25, 0.3) is 0 Å². The highest BCUT2D eigenvalue weighted by Gasteiger charge is 2.32. The largest absolute Gasteiger partial charge is 0.309 e. The van der Waals surface area contributed by atoms with Crippen LogP contribution in [-0.2, 0) is 0 Å². The van der Waals surface area contributed by atoms with Gasteiger partial charge in [0.15, 0.2) is 0 Å². The van der Waals surface area contributed by atoms with E-state index in [2.05, 4.69) is 47.0 Å². The van der Waals surface area contributed by atoms with Gasteiger partial charge in [-0.15, -0.1) is 0 Å². The highest BCUT2D eigenvalue weighted by molar-refractivity contribution is 6.11. The average Bonchev–Trinajstić information content (AvgIpc) is 3.82. The van der Waals surface area contributed by atoms with Gasteiger partial charge in [-0.1, -0.05) is 176 Å². The van der Waals surface area contributed by atoms with Crippen molar-refractivity contribution in [3.05, 3.63) is 211 Å². The molecule has 1 aromatic heterocycles. The molecular weight excluding hydrogens is 603 g/mol. The molecule has 1 atom stereocenters. The number of rotatable bonds is 5. The van der Waals surface area contributed by atoms with E-state index < -0.39 is 72.4 Å². The smallest absolute Gasteiger partial charge is 0.0629 e. The molecule has 1 unspecified atom stereocenters. The van der Waals surface area contributed by atoms with Gasteiger partial charge in [-0.2, -0.15) is 0 Å². The first-order valence-electron chi connectivity index (χ1n) is 22.4. The lowest BCUT2D eigenvalue weighted by Crippen LogP contribution is -1.99. The van der Waals surface area contributed by atoms with Crippen LogP contribution >= 0.6 is 0 Å². The van der Waals surface area contributed by atoms with Crippen molar-refractivity contribution in [2.75, 3.05) is 0 Å². The summed E-state index contributed by atoms with van der Waals surface area (Å²) in [7, 11) is 0. The van der Waals surface area contributed by atoms with Crippen LogP contribution in [-0.4, -0.2) is 4.57 Å². The summed E-state index contributed by atoms with van der Waals surface area (Å²) in [6, 6.07) is 33.3. The van der Waals surface area contributed by atoms with Crippen molar-refractivity contribution in [3.8, 4) is 50.2 Å². The minimum absolute atomic E-state index is 0.0274. The molecular formula is C49H33N. The van der Waals surface area contributed by atoms with Crippen LogP contribution < -0.4 is 0 Å².